The largest absolute Gasteiger partial charge is 0.113 e. The lowest BCUT2D eigenvalue weighted by Gasteiger charge is -1.97. The zero-order valence-corrected chi connectivity index (χ0v) is 6.30. The van der Waals surface area contributed by atoms with Crippen LogP contribution in [-0.2, 0) is 6.42 Å². The van der Waals surface area contributed by atoms with E-state index in [-0.39, 0.29) is 0 Å². The maximum atomic E-state index is 5.52. The van der Waals surface area contributed by atoms with E-state index in [1.165, 1.54) is 12.0 Å². The molecule has 0 unspecified atom stereocenters. The van der Waals surface area contributed by atoms with Gasteiger partial charge in [0.25, 0.3) is 0 Å². The van der Waals surface area contributed by atoms with E-state index in [1.54, 1.807) is 0 Å². The fraction of sp³-hybridized carbons (Fsp3) is 0.333. The van der Waals surface area contributed by atoms with E-state index in [0.29, 0.717) is 0 Å². The van der Waals surface area contributed by atoms with Crippen LogP contribution in [0.25, 0.3) is 0 Å². The van der Waals surface area contributed by atoms with Crippen molar-refractivity contribution in [2.45, 2.75) is 19.8 Å². The predicted octanol–water partition coefficient (Wildman–Crippen LogP) is 1.43. The first-order valence-corrected chi connectivity index (χ1v) is 3.67. The highest BCUT2D eigenvalue weighted by Gasteiger charge is 1.87. The molecule has 50 valence electrons. The second kappa shape index (κ2) is 3.45. The average Bonchev–Trinajstić information content (AvgIpc) is 1.95. The first kappa shape index (κ1) is 7.39. The Bertz CT molecular complexity index is 188. The smallest absolute Gasteiger partial charge is 0.0967 e. The van der Waals surface area contributed by atoms with Crippen molar-refractivity contribution in [3.8, 4) is 0 Å². The van der Waals surface area contributed by atoms with Gasteiger partial charge in [0.1, 0.15) is 7.85 Å². The lowest BCUT2D eigenvalue weighted by Crippen LogP contribution is -2.00. The SMILES string of the molecule is [B]c1ccc(CCC)cc1. The third-order valence-electron chi connectivity index (χ3n) is 1.52. The number of aryl methyl sites for hydroxylation is 1. The van der Waals surface area contributed by atoms with E-state index in [2.05, 4.69) is 19.1 Å². The van der Waals surface area contributed by atoms with E-state index in [1.807, 2.05) is 12.1 Å². The van der Waals surface area contributed by atoms with Crippen LogP contribution in [-0.4, -0.2) is 7.85 Å². The maximum Gasteiger partial charge on any atom is 0.113 e. The predicted molar refractivity (Wildman–Crippen MR) is 45.8 cm³/mol. The highest BCUT2D eigenvalue weighted by molar-refractivity contribution is 6.32. The molecule has 0 amide bonds. The molecule has 0 saturated carbocycles. The van der Waals surface area contributed by atoms with Crippen molar-refractivity contribution >= 4 is 13.3 Å². The Balaban J connectivity index is 2.69. The second-order valence-electron chi connectivity index (χ2n) is 2.49. The summed E-state index contributed by atoms with van der Waals surface area (Å²) < 4.78 is 0. The molecule has 1 aromatic rings. The second-order valence-corrected chi connectivity index (χ2v) is 2.49. The Morgan fingerprint density at radius 1 is 1.20 bits per heavy atom. The summed E-state index contributed by atoms with van der Waals surface area (Å²) in [6.45, 7) is 2.18. The van der Waals surface area contributed by atoms with Gasteiger partial charge in [0.2, 0.25) is 0 Å². The molecule has 0 spiro atoms. The molecule has 2 radical (unpaired) electrons. The molecule has 10 heavy (non-hydrogen) atoms. The summed E-state index contributed by atoms with van der Waals surface area (Å²) in [5, 5.41) is 0. The minimum atomic E-state index is 0.847. The molecule has 0 saturated heterocycles. The van der Waals surface area contributed by atoms with Crippen molar-refractivity contribution in [2.24, 2.45) is 0 Å². The Morgan fingerprint density at radius 3 is 2.30 bits per heavy atom. The fourth-order valence-electron chi connectivity index (χ4n) is 0.973. The molecule has 0 aliphatic rings. The van der Waals surface area contributed by atoms with Crippen molar-refractivity contribution in [3.63, 3.8) is 0 Å². The van der Waals surface area contributed by atoms with Crippen LogP contribution in [0.2, 0.25) is 0 Å². The Labute approximate surface area is 63.7 Å². The maximum absolute atomic E-state index is 5.52. The van der Waals surface area contributed by atoms with Crippen molar-refractivity contribution < 1.29 is 0 Å². The first-order valence-electron chi connectivity index (χ1n) is 3.67. The molecule has 0 nitrogen and oxygen atoms in total. The van der Waals surface area contributed by atoms with Gasteiger partial charge in [-0.05, 0) is 12.0 Å². The lowest BCUT2D eigenvalue weighted by molar-refractivity contribution is 0.922. The number of hydrogen-bond acceptors (Lipinski definition) is 0. The van der Waals surface area contributed by atoms with Gasteiger partial charge in [0.15, 0.2) is 0 Å². The van der Waals surface area contributed by atoms with Crippen LogP contribution in [0, 0.1) is 0 Å². The van der Waals surface area contributed by atoms with Gasteiger partial charge in [-0.3, -0.25) is 0 Å². The van der Waals surface area contributed by atoms with E-state index in [0.717, 1.165) is 11.9 Å². The molecule has 1 heteroatoms. The van der Waals surface area contributed by atoms with Crippen LogP contribution >= 0.6 is 0 Å². The number of hydrogen-bond donors (Lipinski definition) is 0. The van der Waals surface area contributed by atoms with Gasteiger partial charge in [-0.2, -0.15) is 0 Å². The quantitative estimate of drug-likeness (QED) is 0.531. The molecular weight excluding hydrogens is 119 g/mol. The molecule has 1 rings (SSSR count). The minimum absolute atomic E-state index is 0.847. The van der Waals surface area contributed by atoms with Gasteiger partial charge >= 0.3 is 0 Å². The first-order chi connectivity index (χ1) is 4.83. The van der Waals surface area contributed by atoms with Crippen LogP contribution in [0.15, 0.2) is 24.3 Å². The molecule has 0 aromatic heterocycles. The molecule has 0 bridgehead atoms. The third kappa shape index (κ3) is 1.91. The molecular formula is C9H11B. The van der Waals surface area contributed by atoms with E-state index >= 15 is 0 Å². The Morgan fingerprint density at radius 2 is 1.80 bits per heavy atom. The van der Waals surface area contributed by atoms with Gasteiger partial charge in [-0.25, -0.2) is 0 Å². The molecule has 0 atom stereocenters. The molecule has 0 heterocycles. The lowest BCUT2D eigenvalue weighted by atomic mass is 9.95. The van der Waals surface area contributed by atoms with Crippen molar-refractivity contribution in [3.05, 3.63) is 29.8 Å². The molecule has 0 aliphatic carbocycles. The fourth-order valence-corrected chi connectivity index (χ4v) is 0.973. The topological polar surface area (TPSA) is 0 Å². The Kier molecular flexibility index (Phi) is 2.55. The number of rotatable bonds is 2. The molecule has 1 aromatic carbocycles. The summed E-state index contributed by atoms with van der Waals surface area (Å²) in [6.07, 6.45) is 2.35. The molecule has 0 N–H and O–H groups in total. The average molecular weight is 130 g/mol. The summed E-state index contributed by atoms with van der Waals surface area (Å²) in [5.41, 5.74) is 2.22. The van der Waals surface area contributed by atoms with Gasteiger partial charge < -0.3 is 0 Å². The van der Waals surface area contributed by atoms with Crippen LogP contribution in [0.1, 0.15) is 18.9 Å². The summed E-state index contributed by atoms with van der Waals surface area (Å²) in [5.74, 6) is 0. The molecule has 0 fully saturated rings. The van der Waals surface area contributed by atoms with Gasteiger partial charge in [0.05, 0.1) is 0 Å². The van der Waals surface area contributed by atoms with Gasteiger partial charge in [-0.15, -0.1) is 0 Å². The van der Waals surface area contributed by atoms with Gasteiger partial charge in [0, 0.05) is 0 Å². The van der Waals surface area contributed by atoms with Crippen LogP contribution < -0.4 is 5.46 Å². The zero-order chi connectivity index (χ0) is 7.40. The minimum Gasteiger partial charge on any atom is -0.0967 e. The van der Waals surface area contributed by atoms with Crippen LogP contribution in [0.3, 0.4) is 0 Å². The summed E-state index contributed by atoms with van der Waals surface area (Å²) in [4.78, 5) is 0. The van der Waals surface area contributed by atoms with Gasteiger partial charge in [-0.1, -0.05) is 43.1 Å². The standard InChI is InChI=1S/C9H11B/c1-2-3-8-4-6-9(10)7-5-8/h4-7H,2-3H2,1H3. The van der Waals surface area contributed by atoms with Crippen molar-refractivity contribution in [2.75, 3.05) is 0 Å². The highest BCUT2D eigenvalue weighted by atomic mass is 13.9. The monoisotopic (exact) mass is 130 g/mol. The Hall–Kier alpha value is -0.715. The summed E-state index contributed by atoms with van der Waals surface area (Å²) >= 11 is 0. The molecule has 0 aliphatic heterocycles. The zero-order valence-electron chi connectivity index (χ0n) is 6.30. The van der Waals surface area contributed by atoms with Crippen LogP contribution in [0.4, 0.5) is 0 Å². The normalized spacial score (nSPS) is 9.70. The van der Waals surface area contributed by atoms with E-state index < -0.39 is 0 Å². The van der Waals surface area contributed by atoms with Crippen LogP contribution in [0.5, 0.6) is 0 Å². The van der Waals surface area contributed by atoms with Crippen molar-refractivity contribution in [1.82, 2.24) is 0 Å². The highest BCUT2D eigenvalue weighted by Crippen LogP contribution is 1.99. The van der Waals surface area contributed by atoms with E-state index in [9.17, 15) is 0 Å². The summed E-state index contributed by atoms with van der Waals surface area (Å²) in [6, 6.07) is 8.06. The van der Waals surface area contributed by atoms with E-state index in [4.69, 9.17) is 7.85 Å². The summed E-state index contributed by atoms with van der Waals surface area (Å²) in [7, 11) is 5.52. The third-order valence-corrected chi connectivity index (χ3v) is 1.52. The number of benzene rings is 1. The van der Waals surface area contributed by atoms with Crippen molar-refractivity contribution in [1.29, 1.82) is 0 Å².